The van der Waals surface area contributed by atoms with Crippen LogP contribution < -0.4 is 11.1 Å². The quantitative estimate of drug-likeness (QED) is 0.813. The molecule has 18 heavy (non-hydrogen) atoms. The van der Waals surface area contributed by atoms with Crippen LogP contribution in [0.1, 0.15) is 42.3 Å². The van der Waals surface area contributed by atoms with Crippen LogP contribution in [0.25, 0.3) is 0 Å². The molecule has 2 aromatic rings. The molecule has 0 bridgehead atoms. The molecular formula is C15H18N2O. The van der Waals surface area contributed by atoms with Gasteiger partial charge in [-0.3, -0.25) is 0 Å². The minimum absolute atomic E-state index is 0.230. The molecule has 3 heteroatoms. The summed E-state index contributed by atoms with van der Waals surface area (Å²) in [5.41, 5.74) is 9.43. The van der Waals surface area contributed by atoms with E-state index in [0.29, 0.717) is 6.04 Å². The average molecular weight is 242 g/mol. The second kappa shape index (κ2) is 4.50. The van der Waals surface area contributed by atoms with Gasteiger partial charge in [-0.25, -0.2) is 0 Å². The van der Waals surface area contributed by atoms with Crippen LogP contribution in [-0.2, 0) is 6.42 Å². The molecule has 1 aliphatic carbocycles. The van der Waals surface area contributed by atoms with Gasteiger partial charge >= 0.3 is 0 Å². The number of anilines is 1. The van der Waals surface area contributed by atoms with Gasteiger partial charge in [-0.05, 0) is 55.2 Å². The second-order valence-corrected chi connectivity index (χ2v) is 4.95. The fourth-order valence-corrected chi connectivity index (χ4v) is 2.73. The Kier molecular flexibility index (Phi) is 2.84. The normalized spacial score (nSPS) is 19.7. The molecule has 0 saturated heterocycles. The first-order valence-electron chi connectivity index (χ1n) is 6.42. The summed E-state index contributed by atoms with van der Waals surface area (Å²) >= 11 is 0. The highest BCUT2D eigenvalue weighted by molar-refractivity contribution is 5.47. The third-order valence-corrected chi connectivity index (χ3v) is 3.67. The summed E-state index contributed by atoms with van der Waals surface area (Å²) in [6.45, 7) is 2.13. The van der Waals surface area contributed by atoms with Crippen LogP contribution in [0, 0.1) is 0 Å². The lowest BCUT2D eigenvalue weighted by Gasteiger charge is -2.19. The smallest absolute Gasteiger partial charge is 0.120 e. The molecule has 0 fully saturated rings. The maximum absolute atomic E-state index is 5.82. The van der Waals surface area contributed by atoms with Crippen molar-refractivity contribution in [2.75, 3.05) is 5.73 Å². The fraction of sp³-hybridized carbons (Fsp3) is 0.333. The lowest BCUT2D eigenvalue weighted by atomic mass is 10.1. The molecule has 3 nitrogen and oxygen atoms in total. The average Bonchev–Trinajstić information content (AvgIpc) is 2.98. The molecule has 1 aliphatic rings. The zero-order valence-corrected chi connectivity index (χ0v) is 10.5. The lowest BCUT2D eigenvalue weighted by Crippen LogP contribution is -2.22. The first-order chi connectivity index (χ1) is 8.74. The van der Waals surface area contributed by atoms with Gasteiger partial charge < -0.3 is 15.5 Å². The van der Waals surface area contributed by atoms with Gasteiger partial charge in [-0.1, -0.05) is 6.07 Å². The molecule has 1 aromatic heterocycles. The van der Waals surface area contributed by atoms with Crippen LogP contribution in [0.4, 0.5) is 5.69 Å². The van der Waals surface area contributed by atoms with E-state index in [-0.39, 0.29) is 6.04 Å². The van der Waals surface area contributed by atoms with E-state index >= 15 is 0 Å². The number of hydrogen-bond acceptors (Lipinski definition) is 3. The van der Waals surface area contributed by atoms with Crippen LogP contribution in [0.15, 0.2) is 41.0 Å². The van der Waals surface area contributed by atoms with Crippen molar-refractivity contribution in [3.63, 3.8) is 0 Å². The third kappa shape index (κ3) is 2.02. The van der Waals surface area contributed by atoms with Crippen molar-refractivity contribution in [3.8, 4) is 0 Å². The van der Waals surface area contributed by atoms with Crippen LogP contribution in [0.5, 0.6) is 0 Å². The summed E-state index contributed by atoms with van der Waals surface area (Å²) in [6.07, 6.45) is 3.95. The number of rotatable bonds is 3. The maximum atomic E-state index is 5.82. The Morgan fingerprint density at radius 1 is 1.39 bits per heavy atom. The number of hydrogen-bond donors (Lipinski definition) is 2. The van der Waals surface area contributed by atoms with E-state index in [4.69, 9.17) is 10.2 Å². The van der Waals surface area contributed by atoms with Crippen LogP contribution in [-0.4, -0.2) is 0 Å². The molecule has 1 heterocycles. The molecule has 1 unspecified atom stereocenters. The second-order valence-electron chi connectivity index (χ2n) is 4.95. The highest BCUT2D eigenvalue weighted by Crippen LogP contribution is 2.34. The van der Waals surface area contributed by atoms with Gasteiger partial charge in [0.1, 0.15) is 5.76 Å². The summed E-state index contributed by atoms with van der Waals surface area (Å²) < 4.78 is 5.43. The summed E-state index contributed by atoms with van der Waals surface area (Å²) in [4.78, 5) is 0. The molecule has 1 aromatic carbocycles. The third-order valence-electron chi connectivity index (χ3n) is 3.67. The molecule has 0 radical (unpaired) electrons. The highest BCUT2D eigenvalue weighted by atomic mass is 16.3. The largest absolute Gasteiger partial charge is 0.468 e. The predicted molar refractivity (Wildman–Crippen MR) is 72.2 cm³/mol. The zero-order valence-electron chi connectivity index (χ0n) is 10.5. The molecule has 94 valence electrons. The number of benzene rings is 1. The number of nitrogens with one attached hydrogen (secondary N) is 1. The van der Waals surface area contributed by atoms with Crippen LogP contribution in [0.2, 0.25) is 0 Å². The van der Waals surface area contributed by atoms with Gasteiger partial charge in [-0.2, -0.15) is 0 Å². The number of nitrogens with two attached hydrogens (primary N) is 1. The fourth-order valence-electron chi connectivity index (χ4n) is 2.73. The SMILES string of the molecule is C[C@@H](NC1CCc2cc(N)ccc21)c1ccco1. The molecule has 2 atom stereocenters. The van der Waals surface area contributed by atoms with Crippen molar-refractivity contribution in [2.24, 2.45) is 0 Å². The highest BCUT2D eigenvalue weighted by Gasteiger charge is 2.24. The van der Waals surface area contributed by atoms with E-state index in [1.807, 2.05) is 18.2 Å². The van der Waals surface area contributed by atoms with Crippen LogP contribution in [0.3, 0.4) is 0 Å². The van der Waals surface area contributed by atoms with Gasteiger partial charge in [0, 0.05) is 11.7 Å². The Balaban J connectivity index is 1.77. The predicted octanol–water partition coefficient (Wildman–Crippen LogP) is 3.20. The van der Waals surface area contributed by atoms with Crippen molar-refractivity contribution in [3.05, 3.63) is 53.5 Å². The Hall–Kier alpha value is -1.74. The van der Waals surface area contributed by atoms with Gasteiger partial charge in [0.05, 0.1) is 12.3 Å². The Morgan fingerprint density at radius 2 is 2.28 bits per heavy atom. The van der Waals surface area contributed by atoms with Crippen molar-refractivity contribution >= 4 is 5.69 Å². The van der Waals surface area contributed by atoms with Crippen molar-refractivity contribution in [1.82, 2.24) is 5.32 Å². The molecule has 3 N–H and O–H groups in total. The molecule has 0 amide bonds. The van der Waals surface area contributed by atoms with E-state index in [9.17, 15) is 0 Å². The van der Waals surface area contributed by atoms with Crippen molar-refractivity contribution < 1.29 is 4.42 Å². The van der Waals surface area contributed by atoms with E-state index in [1.54, 1.807) is 6.26 Å². The Morgan fingerprint density at radius 3 is 3.06 bits per heavy atom. The van der Waals surface area contributed by atoms with Crippen LogP contribution >= 0.6 is 0 Å². The Labute approximate surface area is 107 Å². The van der Waals surface area contributed by atoms with Crippen molar-refractivity contribution in [2.45, 2.75) is 31.8 Å². The topological polar surface area (TPSA) is 51.2 Å². The summed E-state index contributed by atoms with van der Waals surface area (Å²) in [5.74, 6) is 0.985. The number of fused-ring (bicyclic) bond motifs is 1. The molecule has 0 spiro atoms. The van der Waals surface area contributed by atoms with Gasteiger partial charge in [0.25, 0.3) is 0 Å². The molecule has 3 rings (SSSR count). The number of aryl methyl sites for hydroxylation is 1. The standard InChI is InChI=1S/C15H18N2O/c1-10(15-3-2-8-18-15)17-14-7-4-11-9-12(16)5-6-13(11)14/h2-3,5-6,8-10,14,17H,4,7,16H2,1H3/t10-,14?/m1/s1. The maximum Gasteiger partial charge on any atom is 0.120 e. The number of furan rings is 1. The zero-order chi connectivity index (χ0) is 12.5. The van der Waals surface area contributed by atoms with E-state index in [1.165, 1.54) is 11.1 Å². The minimum atomic E-state index is 0.230. The first kappa shape index (κ1) is 11.4. The minimum Gasteiger partial charge on any atom is -0.468 e. The van der Waals surface area contributed by atoms with E-state index in [0.717, 1.165) is 24.3 Å². The van der Waals surface area contributed by atoms with Gasteiger partial charge in [0.15, 0.2) is 0 Å². The lowest BCUT2D eigenvalue weighted by molar-refractivity contribution is 0.391. The molecule has 0 aliphatic heterocycles. The molecular weight excluding hydrogens is 224 g/mol. The molecule has 0 saturated carbocycles. The van der Waals surface area contributed by atoms with E-state index in [2.05, 4.69) is 24.4 Å². The summed E-state index contributed by atoms with van der Waals surface area (Å²) in [6, 6.07) is 10.8. The monoisotopic (exact) mass is 242 g/mol. The summed E-state index contributed by atoms with van der Waals surface area (Å²) in [7, 11) is 0. The van der Waals surface area contributed by atoms with Gasteiger partial charge in [0.2, 0.25) is 0 Å². The van der Waals surface area contributed by atoms with Crippen molar-refractivity contribution in [1.29, 1.82) is 0 Å². The Bertz CT molecular complexity index is 533. The van der Waals surface area contributed by atoms with E-state index < -0.39 is 0 Å². The van der Waals surface area contributed by atoms with Gasteiger partial charge in [-0.15, -0.1) is 0 Å². The first-order valence-corrected chi connectivity index (χ1v) is 6.42. The summed E-state index contributed by atoms with van der Waals surface area (Å²) in [5, 5.41) is 3.62. The number of nitrogen functional groups attached to an aromatic ring is 1.